The maximum Gasteiger partial charge on any atom is 0.416 e. The fourth-order valence-corrected chi connectivity index (χ4v) is 2.29. The first-order valence-electron chi connectivity index (χ1n) is 7.97. The molecule has 1 aliphatic rings. The van der Waals surface area contributed by atoms with Crippen LogP contribution >= 0.6 is 0 Å². The van der Waals surface area contributed by atoms with Crippen LogP contribution in [0.4, 0.5) is 29.3 Å². The van der Waals surface area contributed by atoms with Gasteiger partial charge in [-0.1, -0.05) is 12.1 Å². The van der Waals surface area contributed by atoms with Gasteiger partial charge in [-0.2, -0.15) is 13.2 Å². The molecule has 0 aromatic heterocycles. The topological polar surface area (TPSA) is 70.2 Å². The van der Waals surface area contributed by atoms with Crippen LogP contribution in [0.3, 0.4) is 0 Å². The van der Waals surface area contributed by atoms with E-state index in [0.29, 0.717) is 5.69 Å². The van der Waals surface area contributed by atoms with Crippen molar-refractivity contribution >= 4 is 23.3 Å². The predicted octanol–water partition coefficient (Wildman–Crippen LogP) is 4.24. The molecule has 3 N–H and O–H groups in total. The zero-order chi connectivity index (χ0) is 18.7. The summed E-state index contributed by atoms with van der Waals surface area (Å²) in [6.07, 6.45) is -2.58. The molecule has 0 heterocycles. The maximum atomic E-state index is 12.7. The van der Waals surface area contributed by atoms with Gasteiger partial charge in [-0.05, 0) is 49.2 Å². The first-order chi connectivity index (χ1) is 12.3. The normalized spacial score (nSPS) is 13.8. The third kappa shape index (κ3) is 4.75. The van der Waals surface area contributed by atoms with Gasteiger partial charge in [0.25, 0.3) is 5.91 Å². The average Bonchev–Trinajstić information content (AvgIpc) is 3.38. The SMILES string of the molecule is O=C(Nc1cccc(C(=O)Nc2cccc(C(F)(F)F)c2)c1)NC1CC1. The molecule has 0 saturated heterocycles. The van der Waals surface area contributed by atoms with Crippen LogP contribution in [0.5, 0.6) is 0 Å². The highest BCUT2D eigenvalue weighted by atomic mass is 19.4. The summed E-state index contributed by atoms with van der Waals surface area (Å²) in [7, 11) is 0. The van der Waals surface area contributed by atoms with Crippen LogP contribution in [0.1, 0.15) is 28.8 Å². The highest BCUT2D eigenvalue weighted by Gasteiger charge is 2.30. The first kappa shape index (κ1) is 17.8. The molecule has 0 radical (unpaired) electrons. The van der Waals surface area contributed by atoms with Crippen molar-refractivity contribution in [3.8, 4) is 0 Å². The van der Waals surface area contributed by atoms with Gasteiger partial charge >= 0.3 is 12.2 Å². The Bertz CT molecular complexity index is 832. The van der Waals surface area contributed by atoms with Crippen molar-refractivity contribution in [1.82, 2.24) is 5.32 Å². The number of anilines is 2. The van der Waals surface area contributed by atoms with E-state index in [1.54, 1.807) is 12.1 Å². The Balaban J connectivity index is 1.68. The molecular weight excluding hydrogens is 347 g/mol. The lowest BCUT2D eigenvalue weighted by atomic mass is 10.1. The Morgan fingerprint density at radius 1 is 0.923 bits per heavy atom. The Morgan fingerprint density at radius 2 is 1.58 bits per heavy atom. The molecule has 8 heteroatoms. The van der Waals surface area contributed by atoms with E-state index in [1.807, 2.05) is 0 Å². The number of carbonyl (C=O) groups is 2. The molecule has 2 aromatic rings. The summed E-state index contributed by atoms with van der Waals surface area (Å²) < 4.78 is 38.2. The largest absolute Gasteiger partial charge is 0.416 e. The average molecular weight is 363 g/mol. The summed E-state index contributed by atoms with van der Waals surface area (Å²) in [6, 6.07) is 10.4. The summed E-state index contributed by atoms with van der Waals surface area (Å²) in [6.45, 7) is 0. The van der Waals surface area contributed by atoms with Crippen LogP contribution in [-0.2, 0) is 6.18 Å². The Hall–Kier alpha value is -3.03. The summed E-state index contributed by atoms with van der Waals surface area (Å²) in [5.41, 5.74) is -0.177. The molecule has 3 amide bonds. The molecule has 26 heavy (non-hydrogen) atoms. The molecule has 2 aromatic carbocycles. The number of carbonyl (C=O) groups excluding carboxylic acids is 2. The van der Waals surface area contributed by atoms with Crippen molar-refractivity contribution in [2.45, 2.75) is 25.1 Å². The fourth-order valence-electron chi connectivity index (χ4n) is 2.29. The van der Waals surface area contributed by atoms with Crippen LogP contribution in [0.15, 0.2) is 48.5 Å². The standard InChI is InChI=1S/C18H16F3N3O2/c19-18(20,21)12-4-2-6-15(10-12)22-16(25)11-3-1-5-14(9-11)24-17(26)23-13-7-8-13/h1-6,9-10,13H,7-8H2,(H,22,25)(H2,23,24,26). The van der Waals surface area contributed by atoms with E-state index < -0.39 is 17.6 Å². The van der Waals surface area contributed by atoms with Crippen molar-refractivity contribution in [2.24, 2.45) is 0 Å². The monoisotopic (exact) mass is 363 g/mol. The van der Waals surface area contributed by atoms with Gasteiger partial charge in [0.1, 0.15) is 0 Å². The Labute approximate surface area is 147 Å². The van der Waals surface area contributed by atoms with Crippen molar-refractivity contribution < 1.29 is 22.8 Å². The minimum Gasteiger partial charge on any atom is -0.335 e. The molecule has 1 aliphatic carbocycles. The van der Waals surface area contributed by atoms with Gasteiger partial charge in [-0.25, -0.2) is 4.79 Å². The van der Waals surface area contributed by atoms with Crippen LogP contribution < -0.4 is 16.0 Å². The van der Waals surface area contributed by atoms with E-state index in [4.69, 9.17) is 0 Å². The molecule has 3 rings (SSSR count). The zero-order valence-electron chi connectivity index (χ0n) is 13.6. The Morgan fingerprint density at radius 3 is 2.23 bits per heavy atom. The van der Waals surface area contributed by atoms with Gasteiger partial charge in [0.05, 0.1) is 5.56 Å². The highest BCUT2D eigenvalue weighted by Crippen LogP contribution is 2.30. The zero-order valence-corrected chi connectivity index (χ0v) is 13.6. The molecular formula is C18H16F3N3O2. The number of hydrogen-bond acceptors (Lipinski definition) is 2. The number of halogens is 3. The number of rotatable bonds is 4. The van der Waals surface area contributed by atoms with Crippen LogP contribution in [0.25, 0.3) is 0 Å². The number of urea groups is 1. The van der Waals surface area contributed by atoms with E-state index >= 15 is 0 Å². The second kappa shape index (κ2) is 7.07. The van der Waals surface area contributed by atoms with Crippen LogP contribution in [-0.4, -0.2) is 18.0 Å². The highest BCUT2D eigenvalue weighted by molar-refractivity contribution is 6.05. The minimum atomic E-state index is -4.49. The number of benzene rings is 2. The molecule has 1 saturated carbocycles. The van der Waals surface area contributed by atoms with Gasteiger partial charge in [-0.3, -0.25) is 4.79 Å². The molecule has 1 fully saturated rings. The summed E-state index contributed by atoms with van der Waals surface area (Å²) in [5.74, 6) is -0.574. The van der Waals surface area contributed by atoms with E-state index in [9.17, 15) is 22.8 Å². The van der Waals surface area contributed by atoms with E-state index in [2.05, 4.69) is 16.0 Å². The smallest absolute Gasteiger partial charge is 0.335 e. The molecule has 5 nitrogen and oxygen atoms in total. The van der Waals surface area contributed by atoms with Gasteiger partial charge in [0.15, 0.2) is 0 Å². The summed E-state index contributed by atoms with van der Waals surface area (Å²) in [4.78, 5) is 24.0. The second-order valence-electron chi connectivity index (χ2n) is 5.99. The number of amides is 3. The van der Waals surface area contributed by atoms with E-state index in [1.165, 1.54) is 24.3 Å². The maximum absolute atomic E-state index is 12.7. The molecule has 0 aliphatic heterocycles. The third-order valence-electron chi connectivity index (χ3n) is 3.74. The lowest BCUT2D eigenvalue weighted by Gasteiger charge is -2.11. The molecule has 136 valence electrons. The molecule has 0 spiro atoms. The third-order valence-corrected chi connectivity index (χ3v) is 3.74. The summed E-state index contributed by atoms with van der Waals surface area (Å²) in [5, 5.41) is 7.80. The fraction of sp³-hybridized carbons (Fsp3) is 0.222. The van der Waals surface area contributed by atoms with Crippen molar-refractivity contribution in [3.05, 3.63) is 59.7 Å². The van der Waals surface area contributed by atoms with Crippen molar-refractivity contribution in [2.75, 3.05) is 10.6 Å². The van der Waals surface area contributed by atoms with Crippen molar-refractivity contribution in [3.63, 3.8) is 0 Å². The number of alkyl halides is 3. The molecule has 0 bridgehead atoms. The van der Waals surface area contributed by atoms with Gasteiger partial charge < -0.3 is 16.0 Å². The van der Waals surface area contributed by atoms with Gasteiger partial charge in [0.2, 0.25) is 0 Å². The van der Waals surface area contributed by atoms with Gasteiger partial charge in [0, 0.05) is 23.0 Å². The Kier molecular flexibility index (Phi) is 4.83. The molecule has 0 unspecified atom stereocenters. The number of nitrogens with one attached hydrogen (secondary N) is 3. The minimum absolute atomic E-state index is 0.0367. The van der Waals surface area contributed by atoms with Gasteiger partial charge in [-0.15, -0.1) is 0 Å². The second-order valence-corrected chi connectivity index (χ2v) is 5.99. The first-order valence-corrected chi connectivity index (χ1v) is 7.97. The lowest BCUT2D eigenvalue weighted by molar-refractivity contribution is -0.137. The summed E-state index contributed by atoms with van der Waals surface area (Å²) >= 11 is 0. The lowest BCUT2D eigenvalue weighted by Crippen LogP contribution is -2.30. The van der Waals surface area contributed by atoms with Crippen LogP contribution in [0, 0.1) is 0 Å². The quantitative estimate of drug-likeness (QED) is 0.760. The van der Waals surface area contributed by atoms with Crippen LogP contribution in [0.2, 0.25) is 0 Å². The van der Waals surface area contributed by atoms with E-state index in [-0.39, 0.29) is 23.3 Å². The van der Waals surface area contributed by atoms with Crippen molar-refractivity contribution in [1.29, 1.82) is 0 Å². The van der Waals surface area contributed by atoms with E-state index in [0.717, 1.165) is 25.0 Å². The predicted molar refractivity (Wildman–Crippen MR) is 91.0 cm³/mol. The molecule has 0 atom stereocenters. The number of hydrogen-bond donors (Lipinski definition) is 3.